The van der Waals surface area contributed by atoms with Gasteiger partial charge in [0, 0.05) is 54.8 Å². The molecule has 1 atom stereocenters. The van der Waals surface area contributed by atoms with E-state index < -0.39 is 0 Å². The van der Waals surface area contributed by atoms with E-state index in [1.54, 1.807) is 0 Å². The molecule has 0 bridgehead atoms. The largest absolute Gasteiger partial charge is 0.381 e. The lowest BCUT2D eigenvalue weighted by atomic mass is 9.92. The van der Waals surface area contributed by atoms with Crippen LogP contribution in [0.2, 0.25) is 0 Å². The van der Waals surface area contributed by atoms with E-state index >= 15 is 0 Å². The highest BCUT2D eigenvalue weighted by atomic mass is 32.2. The Kier molecular flexibility index (Phi) is 5.02. The van der Waals surface area contributed by atoms with Crippen molar-refractivity contribution in [2.45, 2.75) is 43.6 Å². The molecule has 128 valence electrons. The van der Waals surface area contributed by atoms with Gasteiger partial charge in [-0.1, -0.05) is 0 Å². The molecule has 0 aromatic carbocycles. The van der Waals surface area contributed by atoms with Gasteiger partial charge in [0.1, 0.15) is 0 Å². The Morgan fingerprint density at radius 2 is 2.17 bits per heavy atom. The smallest absolute Gasteiger partial charge is 0.0680 e. The second-order valence-electron chi connectivity index (χ2n) is 7.38. The van der Waals surface area contributed by atoms with Crippen molar-refractivity contribution in [2.75, 3.05) is 38.7 Å². The Morgan fingerprint density at radius 1 is 1.35 bits per heavy atom. The van der Waals surface area contributed by atoms with E-state index in [0.29, 0.717) is 10.9 Å². The van der Waals surface area contributed by atoms with Crippen LogP contribution in [0.3, 0.4) is 0 Å². The van der Waals surface area contributed by atoms with Crippen LogP contribution in [0.15, 0.2) is 11.4 Å². The molecule has 4 rings (SSSR count). The van der Waals surface area contributed by atoms with Crippen LogP contribution in [-0.4, -0.2) is 54.4 Å². The number of rotatable bonds is 5. The average Bonchev–Trinajstić information content (AvgIpc) is 3.13. The SMILES string of the molecule is Cc1ccsc1CN1CC2(C[C@@H](OCC3CCOCC3)CS2)C1. The van der Waals surface area contributed by atoms with E-state index in [2.05, 4.69) is 35.0 Å². The van der Waals surface area contributed by atoms with Gasteiger partial charge in [-0.05, 0) is 49.1 Å². The van der Waals surface area contributed by atoms with Gasteiger partial charge in [0.05, 0.1) is 6.10 Å². The van der Waals surface area contributed by atoms with Crippen molar-refractivity contribution in [1.29, 1.82) is 0 Å². The third kappa shape index (κ3) is 3.79. The summed E-state index contributed by atoms with van der Waals surface area (Å²) in [5, 5.41) is 2.21. The van der Waals surface area contributed by atoms with Gasteiger partial charge in [0.25, 0.3) is 0 Å². The Balaban J connectivity index is 1.20. The van der Waals surface area contributed by atoms with Gasteiger partial charge in [-0.25, -0.2) is 0 Å². The standard InChI is InChI=1S/C18H27NO2S2/c1-14-4-7-22-17(14)9-19-12-18(13-19)8-16(11-23-18)21-10-15-2-5-20-6-3-15/h4,7,15-16H,2-3,5-6,8-13H2,1H3/t16-/m1/s1. The van der Waals surface area contributed by atoms with Crippen LogP contribution in [0.5, 0.6) is 0 Å². The van der Waals surface area contributed by atoms with Crippen molar-refractivity contribution < 1.29 is 9.47 Å². The fourth-order valence-corrected chi connectivity index (χ4v) is 6.52. The molecule has 0 radical (unpaired) electrons. The number of aryl methyl sites for hydroxylation is 1. The van der Waals surface area contributed by atoms with E-state index in [4.69, 9.17) is 9.47 Å². The van der Waals surface area contributed by atoms with Gasteiger partial charge in [-0.2, -0.15) is 0 Å². The minimum atomic E-state index is 0.480. The minimum absolute atomic E-state index is 0.480. The van der Waals surface area contributed by atoms with Crippen LogP contribution in [-0.2, 0) is 16.0 Å². The van der Waals surface area contributed by atoms with Crippen molar-refractivity contribution in [3.63, 3.8) is 0 Å². The zero-order chi connectivity index (χ0) is 15.7. The van der Waals surface area contributed by atoms with Gasteiger partial charge < -0.3 is 9.47 Å². The van der Waals surface area contributed by atoms with E-state index in [1.165, 1.54) is 48.5 Å². The molecule has 1 aromatic rings. The van der Waals surface area contributed by atoms with Gasteiger partial charge in [0.15, 0.2) is 0 Å². The molecule has 0 amide bonds. The third-order valence-corrected chi connectivity index (χ3v) is 8.03. The predicted octanol–water partition coefficient (Wildman–Crippen LogP) is 3.56. The van der Waals surface area contributed by atoms with Gasteiger partial charge in [-0.15, -0.1) is 23.1 Å². The molecule has 3 fully saturated rings. The summed E-state index contributed by atoms with van der Waals surface area (Å²) in [5.41, 5.74) is 1.45. The maximum atomic E-state index is 6.24. The number of ether oxygens (including phenoxy) is 2. The number of hydrogen-bond donors (Lipinski definition) is 0. The molecule has 1 aromatic heterocycles. The molecule has 0 unspecified atom stereocenters. The number of nitrogens with zero attached hydrogens (tertiary/aromatic N) is 1. The van der Waals surface area contributed by atoms with Crippen molar-refractivity contribution in [1.82, 2.24) is 4.90 Å². The molecule has 3 aliphatic rings. The summed E-state index contributed by atoms with van der Waals surface area (Å²) < 4.78 is 12.2. The fraction of sp³-hybridized carbons (Fsp3) is 0.778. The lowest BCUT2D eigenvalue weighted by Crippen LogP contribution is -2.58. The Labute approximate surface area is 147 Å². The lowest BCUT2D eigenvalue weighted by Gasteiger charge is -2.47. The highest BCUT2D eigenvalue weighted by molar-refractivity contribution is 8.01. The van der Waals surface area contributed by atoms with Gasteiger partial charge in [-0.3, -0.25) is 4.90 Å². The highest BCUT2D eigenvalue weighted by Gasteiger charge is 2.49. The van der Waals surface area contributed by atoms with Crippen molar-refractivity contribution in [3.8, 4) is 0 Å². The minimum Gasteiger partial charge on any atom is -0.381 e. The van der Waals surface area contributed by atoms with Crippen molar-refractivity contribution in [3.05, 3.63) is 21.9 Å². The molecular formula is C18H27NO2S2. The molecule has 3 nitrogen and oxygen atoms in total. The number of hydrogen-bond acceptors (Lipinski definition) is 5. The molecule has 0 saturated carbocycles. The first-order valence-corrected chi connectivity index (χ1v) is 10.7. The highest BCUT2D eigenvalue weighted by Crippen LogP contribution is 2.46. The summed E-state index contributed by atoms with van der Waals surface area (Å²) in [4.78, 5) is 4.14. The molecule has 3 aliphatic heterocycles. The number of thiophene rings is 1. The van der Waals surface area contributed by atoms with Gasteiger partial charge >= 0.3 is 0 Å². The summed E-state index contributed by atoms with van der Waals surface area (Å²) >= 11 is 4.06. The van der Waals surface area contributed by atoms with Crippen molar-refractivity contribution in [2.24, 2.45) is 5.92 Å². The summed E-state index contributed by atoms with van der Waals surface area (Å²) in [5.74, 6) is 1.92. The monoisotopic (exact) mass is 353 g/mol. The third-order valence-electron chi connectivity index (χ3n) is 5.44. The summed E-state index contributed by atoms with van der Waals surface area (Å²) in [6, 6.07) is 2.24. The van der Waals surface area contributed by atoms with E-state index in [1.807, 2.05) is 11.3 Å². The van der Waals surface area contributed by atoms with E-state index in [0.717, 1.165) is 32.3 Å². The molecule has 0 aliphatic carbocycles. The maximum Gasteiger partial charge on any atom is 0.0680 e. The number of likely N-dealkylation sites (tertiary alicyclic amines) is 1. The van der Waals surface area contributed by atoms with Gasteiger partial charge in [0.2, 0.25) is 0 Å². The summed E-state index contributed by atoms with van der Waals surface area (Å²) in [7, 11) is 0. The second kappa shape index (κ2) is 7.04. The van der Waals surface area contributed by atoms with Crippen molar-refractivity contribution >= 4 is 23.1 Å². The van der Waals surface area contributed by atoms with Crippen LogP contribution in [0, 0.1) is 12.8 Å². The van der Waals surface area contributed by atoms with Crippen LogP contribution in [0.1, 0.15) is 29.7 Å². The normalized spacial score (nSPS) is 28.3. The van der Waals surface area contributed by atoms with E-state index in [-0.39, 0.29) is 0 Å². The zero-order valence-corrected chi connectivity index (χ0v) is 15.6. The first-order valence-electron chi connectivity index (χ1n) is 8.81. The van der Waals surface area contributed by atoms with Crippen LogP contribution in [0.4, 0.5) is 0 Å². The first-order chi connectivity index (χ1) is 11.2. The Bertz CT molecular complexity index is 521. The van der Waals surface area contributed by atoms with E-state index in [9.17, 15) is 0 Å². The topological polar surface area (TPSA) is 21.7 Å². The zero-order valence-electron chi connectivity index (χ0n) is 14.0. The lowest BCUT2D eigenvalue weighted by molar-refractivity contribution is -0.0132. The van der Waals surface area contributed by atoms with Crippen LogP contribution in [0.25, 0.3) is 0 Å². The molecule has 3 saturated heterocycles. The quantitative estimate of drug-likeness (QED) is 0.807. The molecule has 23 heavy (non-hydrogen) atoms. The summed E-state index contributed by atoms with van der Waals surface area (Å²) in [6.07, 6.45) is 4.09. The molecule has 4 heterocycles. The molecule has 1 spiro atoms. The Hall–Kier alpha value is -0.0700. The summed E-state index contributed by atoms with van der Waals surface area (Å²) in [6.45, 7) is 8.65. The molecule has 5 heteroatoms. The predicted molar refractivity (Wildman–Crippen MR) is 97.4 cm³/mol. The second-order valence-corrected chi connectivity index (χ2v) is 9.87. The van der Waals surface area contributed by atoms with Crippen LogP contribution >= 0.6 is 23.1 Å². The fourth-order valence-electron chi connectivity index (χ4n) is 3.96. The van der Waals surface area contributed by atoms with Crippen LogP contribution < -0.4 is 0 Å². The number of thioether (sulfide) groups is 1. The Morgan fingerprint density at radius 3 is 2.91 bits per heavy atom. The first kappa shape index (κ1) is 16.4. The average molecular weight is 354 g/mol. The maximum absolute atomic E-state index is 6.24. The molecular weight excluding hydrogens is 326 g/mol. The molecule has 0 N–H and O–H groups in total.